The maximum Gasteiger partial charge on any atom is 0.160 e. The highest BCUT2D eigenvalue weighted by molar-refractivity contribution is 6.26. The number of rotatable bonds is 8. The Balaban J connectivity index is 1.28. The van der Waals surface area contributed by atoms with E-state index in [2.05, 4.69) is 253 Å². The summed E-state index contributed by atoms with van der Waals surface area (Å²) in [7, 11) is 0. The number of benzene rings is 10. The van der Waals surface area contributed by atoms with Gasteiger partial charge in [0, 0.05) is 50.0 Å². The van der Waals surface area contributed by atoms with Gasteiger partial charge in [0.25, 0.3) is 0 Å². The molecule has 66 heavy (non-hydrogen) atoms. The summed E-state index contributed by atoms with van der Waals surface area (Å²) < 4.78 is 14.6. The molecule has 2 heterocycles. The molecule has 4 nitrogen and oxygen atoms in total. The summed E-state index contributed by atoms with van der Waals surface area (Å²) in [6, 6.07) is 84.9. The van der Waals surface area contributed by atoms with E-state index in [1.165, 1.54) is 5.56 Å². The standard InChI is InChI=1S/C62H42N2O2/c1-41-22-21-33-47(38-41)64(46-31-15-6-16-32-46)53-40-50-58(57-49-35-18-20-37-55(49)65-60(53)57)59-51(62(50,42-23-7-2-8-24-42)43-25-9-3-10-26-43)39-52(56-48-34-17-19-36-54(48)66-61(56)59)63(44-27-11-4-12-28-44)45-29-13-5-14-30-45/h2-40H,1H3. The summed E-state index contributed by atoms with van der Waals surface area (Å²) in [4.78, 5) is 4.77. The Morgan fingerprint density at radius 2 is 0.773 bits per heavy atom. The highest BCUT2D eigenvalue weighted by Crippen LogP contribution is 2.64. The van der Waals surface area contributed by atoms with E-state index in [0.717, 1.165) is 111 Å². The van der Waals surface area contributed by atoms with E-state index in [-0.39, 0.29) is 0 Å². The van der Waals surface area contributed by atoms with Crippen molar-refractivity contribution in [1.82, 2.24) is 0 Å². The lowest BCUT2D eigenvalue weighted by Crippen LogP contribution is -2.29. The lowest BCUT2D eigenvalue weighted by Gasteiger charge is -2.36. The fraction of sp³-hybridized carbons (Fsp3) is 0.0323. The molecule has 0 aliphatic heterocycles. The smallest absolute Gasteiger partial charge is 0.160 e. The lowest BCUT2D eigenvalue weighted by molar-refractivity contribution is 0.668. The van der Waals surface area contributed by atoms with Gasteiger partial charge in [-0.1, -0.05) is 164 Å². The largest absolute Gasteiger partial charge is 0.455 e. The fourth-order valence-electron chi connectivity index (χ4n) is 10.9. The van der Waals surface area contributed by atoms with E-state index in [4.69, 9.17) is 8.83 Å². The van der Waals surface area contributed by atoms with Crippen LogP contribution < -0.4 is 9.80 Å². The van der Waals surface area contributed by atoms with Crippen LogP contribution in [0.2, 0.25) is 0 Å². The van der Waals surface area contributed by atoms with Crippen LogP contribution in [-0.2, 0) is 5.41 Å². The fourth-order valence-corrected chi connectivity index (χ4v) is 10.9. The molecular formula is C62H42N2O2. The molecule has 0 amide bonds. The summed E-state index contributed by atoms with van der Waals surface area (Å²) >= 11 is 0. The van der Waals surface area contributed by atoms with Crippen molar-refractivity contribution in [1.29, 1.82) is 0 Å². The zero-order valence-corrected chi connectivity index (χ0v) is 36.2. The zero-order valence-electron chi connectivity index (χ0n) is 36.2. The van der Waals surface area contributed by atoms with Crippen molar-refractivity contribution in [3.8, 4) is 11.1 Å². The maximum atomic E-state index is 7.38. The van der Waals surface area contributed by atoms with Gasteiger partial charge < -0.3 is 18.6 Å². The lowest BCUT2D eigenvalue weighted by atomic mass is 9.67. The van der Waals surface area contributed by atoms with E-state index in [9.17, 15) is 0 Å². The molecular weight excluding hydrogens is 805 g/mol. The highest BCUT2D eigenvalue weighted by atomic mass is 16.3. The van der Waals surface area contributed by atoms with E-state index in [1.54, 1.807) is 0 Å². The second-order valence-electron chi connectivity index (χ2n) is 17.2. The van der Waals surface area contributed by atoms with Crippen LogP contribution in [0, 0.1) is 6.92 Å². The van der Waals surface area contributed by atoms with Crippen molar-refractivity contribution >= 4 is 78.0 Å². The first kappa shape index (κ1) is 37.9. The van der Waals surface area contributed by atoms with Gasteiger partial charge in [-0.05, 0) is 108 Å². The molecule has 0 spiro atoms. The van der Waals surface area contributed by atoms with Crippen LogP contribution in [0.5, 0.6) is 0 Å². The minimum absolute atomic E-state index is 0.812. The third-order valence-electron chi connectivity index (χ3n) is 13.5. The molecule has 0 atom stereocenters. The molecule has 0 bridgehead atoms. The van der Waals surface area contributed by atoms with E-state index in [1.807, 2.05) is 0 Å². The van der Waals surface area contributed by atoms with Crippen molar-refractivity contribution < 1.29 is 8.83 Å². The van der Waals surface area contributed by atoms with E-state index < -0.39 is 5.41 Å². The molecule has 312 valence electrons. The molecule has 2 aromatic heterocycles. The first-order chi connectivity index (χ1) is 32.7. The van der Waals surface area contributed by atoms with Crippen LogP contribution in [-0.4, -0.2) is 0 Å². The molecule has 0 unspecified atom stereocenters. The average molecular weight is 847 g/mol. The third-order valence-corrected chi connectivity index (χ3v) is 13.5. The summed E-state index contributed by atoms with van der Waals surface area (Å²) in [6.45, 7) is 2.16. The second kappa shape index (κ2) is 15.0. The van der Waals surface area contributed by atoms with E-state index >= 15 is 0 Å². The van der Waals surface area contributed by atoms with Crippen molar-refractivity contribution in [2.24, 2.45) is 0 Å². The van der Waals surface area contributed by atoms with Crippen molar-refractivity contribution in [2.45, 2.75) is 12.3 Å². The van der Waals surface area contributed by atoms with Gasteiger partial charge >= 0.3 is 0 Å². The van der Waals surface area contributed by atoms with Gasteiger partial charge in [-0.15, -0.1) is 0 Å². The normalized spacial score (nSPS) is 12.7. The number of anilines is 6. The third kappa shape index (κ3) is 5.58. The highest BCUT2D eigenvalue weighted by Gasteiger charge is 2.50. The first-order valence-corrected chi connectivity index (χ1v) is 22.6. The second-order valence-corrected chi connectivity index (χ2v) is 17.2. The Bertz CT molecular complexity index is 3690. The van der Waals surface area contributed by atoms with E-state index in [0.29, 0.717) is 0 Å². The van der Waals surface area contributed by atoms with Gasteiger partial charge in [0.1, 0.15) is 16.7 Å². The SMILES string of the molecule is Cc1cccc(N(c2ccccc2)c2cc3c(c4c2oc2ccccc24)-c2c(cc(N(c4ccccc4)c4ccccc4)c4c2oc2ccccc24)C3(c2ccccc2)c2ccccc2)c1. The summed E-state index contributed by atoms with van der Waals surface area (Å²) in [5.74, 6) is 0. The monoisotopic (exact) mass is 846 g/mol. The predicted octanol–water partition coefficient (Wildman–Crippen LogP) is 17.1. The van der Waals surface area contributed by atoms with Gasteiger partial charge in [0.05, 0.1) is 22.2 Å². The molecule has 13 rings (SSSR count). The molecule has 0 N–H and O–H groups in total. The molecule has 12 aromatic rings. The topological polar surface area (TPSA) is 32.8 Å². The van der Waals surface area contributed by atoms with Crippen LogP contribution in [0.4, 0.5) is 34.1 Å². The molecule has 10 aromatic carbocycles. The summed E-state index contributed by atoms with van der Waals surface area (Å²) in [5, 5.41) is 4.21. The van der Waals surface area contributed by atoms with Crippen LogP contribution in [0.25, 0.3) is 55.0 Å². The van der Waals surface area contributed by atoms with Crippen LogP contribution in [0.3, 0.4) is 0 Å². The minimum atomic E-state index is -0.829. The quantitative estimate of drug-likeness (QED) is 0.153. The number of para-hydroxylation sites is 5. The van der Waals surface area contributed by atoms with Crippen LogP contribution in [0.1, 0.15) is 27.8 Å². The molecule has 0 saturated carbocycles. The van der Waals surface area contributed by atoms with Gasteiger partial charge in [-0.3, -0.25) is 0 Å². The van der Waals surface area contributed by atoms with Crippen molar-refractivity contribution in [3.05, 3.63) is 264 Å². The number of hydrogen-bond acceptors (Lipinski definition) is 4. The number of aryl methyl sites for hydroxylation is 1. The number of furan rings is 2. The van der Waals surface area contributed by atoms with Gasteiger partial charge in [0.2, 0.25) is 0 Å². The number of nitrogens with zero attached hydrogens (tertiary/aromatic N) is 2. The molecule has 1 aliphatic rings. The van der Waals surface area contributed by atoms with Crippen LogP contribution in [0.15, 0.2) is 245 Å². The zero-order chi connectivity index (χ0) is 43.8. The molecule has 0 fully saturated rings. The maximum absolute atomic E-state index is 7.38. The molecule has 4 heteroatoms. The van der Waals surface area contributed by atoms with Crippen molar-refractivity contribution in [3.63, 3.8) is 0 Å². The minimum Gasteiger partial charge on any atom is -0.455 e. The molecule has 1 aliphatic carbocycles. The van der Waals surface area contributed by atoms with Gasteiger partial charge in [-0.25, -0.2) is 0 Å². The Morgan fingerprint density at radius 3 is 1.32 bits per heavy atom. The van der Waals surface area contributed by atoms with Gasteiger partial charge in [0.15, 0.2) is 5.58 Å². The number of hydrogen-bond donors (Lipinski definition) is 0. The summed E-state index contributed by atoms with van der Waals surface area (Å²) in [6.07, 6.45) is 0. The van der Waals surface area contributed by atoms with Crippen molar-refractivity contribution in [2.75, 3.05) is 9.80 Å². The summed E-state index contributed by atoms with van der Waals surface area (Å²) in [5.41, 5.74) is 16.6. The predicted molar refractivity (Wildman–Crippen MR) is 272 cm³/mol. The Morgan fingerprint density at radius 1 is 0.348 bits per heavy atom. The Hall–Kier alpha value is -8.60. The van der Waals surface area contributed by atoms with Gasteiger partial charge in [-0.2, -0.15) is 0 Å². The number of fused-ring (bicyclic) bond motifs is 11. The molecule has 0 radical (unpaired) electrons. The molecule has 0 saturated heterocycles. The Kier molecular flexibility index (Phi) is 8.62. The van der Waals surface area contributed by atoms with Crippen LogP contribution >= 0.6 is 0 Å². The Labute approximate surface area is 382 Å². The average Bonchev–Trinajstić information content (AvgIpc) is 4.05. The first-order valence-electron chi connectivity index (χ1n) is 22.6.